The average molecular weight is 358 g/mol. The monoisotopic (exact) mass is 358 g/mol. The number of amides is 3. The quantitative estimate of drug-likeness (QED) is 0.611. The van der Waals surface area contributed by atoms with Crippen LogP contribution in [-0.2, 0) is 16.1 Å². The van der Waals surface area contributed by atoms with E-state index in [1.165, 1.54) is 11.9 Å². The average Bonchev–Trinajstić information content (AvgIpc) is 2.97. The number of carbonyl (C=O) groups is 2. The molecule has 0 spiro atoms. The van der Waals surface area contributed by atoms with E-state index in [2.05, 4.69) is 16.4 Å². The molecular formula is C18H24N5O3+. The van der Waals surface area contributed by atoms with Gasteiger partial charge in [-0.25, -0.2) is 9.37 Å². The first kappa shape index (κ1) is 18.1. The summed E-state index contributed by atoms with van der Waals surface area (Å²) in [5.74, 6) is 0.751. The lowest BCUT2D eigenvalue weighted by molar-refractivity contribution is -0.553. The zero-order chi connectivity index (χ0) is 18.8. The Morgan fingerprint density at radius 1 is 1.27 bits per heavy atom. The Labute approximate surface area is 152 Å². The van der Waals surface area contributed by atoms with Gasteiger partial charge in [0.25, 0.3) is 5.91 Å². The van der Waals surface area contributed by atoms with Crippen molar-refractivity contribution in [1.82, 2.24) is 15.1 Å². The summed E-state index contributed by atoms with van der Waals surface area (Å²) in [6.45, 7) is 3.61. The minimum atomic E-state index is -0.617. The van der Waals surface area contributed by atoms with Crippen LogP contribution in [0.1, 0.15) is 11.1 Å². The van der Waals surface area contributed by atoms with E-state index in [0.29, 0.717) is 31.5 Å². The largest absolute Gasteiger partial charge is 0.390 e. The van der Waals surface area contributed by atoms with Crippen molar-refractivity contribution in [1.29, 1.82) is 0 Å². The molecule has 0 aliphatic carbocycles. The lowest BCUT2D eigenvalue weighted by Gasteiger charge is -2.31. The predicted molar refractivity (Wildman–Crippen MR) is 97.2 cm³/mol. The van der Waals surface area contributed by atoms with Crippen LogP contribution < -0.4 is 5.32 Å². The molecule has 1 aromatic carbocycles. The summed E-state index contributed by atoms with van der Waals surface area (Å²) in [4.78, 5) is 32.2. The van der Waals surface area contributed by atoms with Crippen LogP contribution in [0.4, 0.5) is 4.79 Å². The molecule has 0 radical (unpaired) electrons. The number of fused-ring (bicyclic) bond motifs is 1. The first-order valence-electron chi connectivity index (χ1n) is 8.50. The van der Waals surface area contributed by atoms with Gasteiger partial charge in [-0.15, -0.1) is 0 Å². The fourth-order valence-corrected chi connectivity index (χ4v) is 3.18. The van der Waals surface area contributed by atoms with Crippen molar-refractivity contribution in [2.24, 2.45) is 4.99 Å². The van der Waals surface area contributed by atoms with Crippen LogP contribution in [-0.4, -0.2) is 78.5 Å². The number of likely N-dealkylation sites (N-methyl/N-ethyl adjacent to an activating group) is 2. The van der Waals surface area contributed by atoms with Gasteiger partial charge in [0.2, 0.25) is 11.9 Å². The van der Waals surface area contributed by atoms with E-state index < -0.39 is 6.04 Å². The number of carbonyl (C=O) groups excluding carboxylic acids is 2. The van der Waals surface area contributed by atoms with Gasteiger partial charge in [-0.1, -0.05) is 34.8 Å². The normalized spacial score (nSPS) is 19.8. The van der Waals surface area contributed by atoms with Gasteiger partial charge in [-0.05, 0) is 12.5 Å². The summed E-state index contributed by atoms with van der Waals surface area (Å²) in [6, 6.07) is 7.13. The van der Waals surface area contributed by atoms with Crippen molar-refractivity contribution in [3.8, 4) is 0 Å². The van der Waals surface area contributed by atoms with Crippen LogP contribution >= 0.6 is 0 Å². The predicted octanol–water partition coefficient (Wildman–Crippen LogP) is 0.404. The number of aryl methyl sites for hydroxylation is 1. The fourth-order valence-electron chi connectivity index (χ4n) is 3.18. The molecule has 0 aromatic heterocycles. The van der Waals surface area contributed by atoms with E-state index in [-0.39, 0.29) is 11.9 Å². The summed E-state index contributed by atoms with van der Waals surface area (Å²) in [6.07, 6.45) is 0. The molecule has 3 amide bonds. The molecule has 1 aromatic rings. The number of hydrogen-bond donors (Lipinski definition) is 1. The molecule has 138 valence electrons. The molecule has 26 heavy (non-hydrogen) atoms. The van der Waals surface area contributed by atoms with E-state index in [1.807, 2.05) is 29.7 Å². The van der Waals surface area contributed by atoms with E-state index in [0.717, 1.165) is 16.0 Å². The highest BCUT2D eigenvalue weighted by Crippen LogP contribution is 2.20. The molecule has 8 nitrogen and oxygen atoms in total. The Bertz CT molecular complexity index is 802. The van der Waals surface area contributed by atoms with E-state index in [4.69, 9.17) is 4.74 Å². The van der Waals surface area contributed by atoms with Gasteiger partial charge in [0, 0.05) is 21.2 Å². The molecule has 3 rings (SSSR count). The van der Waals surface area contributed by atoms with Crippen molar-refractivity contribution >= 4 is 23.7 Å². The maximum Gasteiger partial charge on any atom is 0.390 e. The van der Waals surface area contributed by atoms with Crippen LogP contribution in [0.3, 0.4) is 0 Å². The third-order valence-electron chi connectivity index (χ3n) is 4.56. The van der Waals surface area contributed by atoms with Gasteiger partial charge in [0.15, 0.2) is 0 Å². The maximum atomic E-state index is 12.8. The van der Waals surface area contributed by atoms with Gasteiger partial charge >= 0.3 is 12.0 Å². The number of benzene rings is 1. The Balaban J connectivity index is 1.97. The Hall–Kier alpha value is -2.74. The number of nitrogens with zero attached hydrogens (tertiary/aromatic N) is 4. The van der Waals surface area contributed by atoms with Gasteiger partial charge in [0.05, 0.1) is 19.7 Å². The summed E-state index contributed by atoms with van der Waals surface area (Å²) in [5, 5.41) is 3.22. The number of guanidine groups is 1. The number of aliphatic imine (C=N–C) groups is 1. The lowest BCUT2D eigenvalue weighted by atomic mass is 10.1. The summed E-state index contributed by atoms with van der Waals surface area (Å²) in [5.41, 5.74) is 2.22. The Kier molecular flexibility index (Phi) is 5.03. The van der Waals surface area contributed by atoms with Gasteiger partial charge < -0.3 is 4.74 Å². The number of ether oxygens (including phenoxy) is 1. The number of urea groups is 1. The highest BCUT2D eigenvalue weighted by molar-refractivity contribution is 6.22. The number of rotatable bonds is 5. The summed E-state index contributed by atoms with van der Waals surface area (Å²) >= 11 is 0. The summed E-state index contributed by atoms with van der Waals surface area (Å²) in [7, 11) is 4.77. The second kappa shape index (κ2) is 7.25. The molecule has 1 fully saturated rings. The van der Waals surface area contributed by atoms with Crippen molar-refractivity contribution in [2.45, 2.75) is 19.5 Å². The van der Waals surface area contributed by atoms with E-state index in [1.54, 1.807) is 14.2 Å². The van der Waals surface area contributed by atoms with Crippen LogP contribution in [0, 0.1) is 6.92 Å². The molecule has 0 bridgehead atoms. The number of imide groups is 1. The van der Waals surface area contributed by atoms with Crippen LogP contribution in [0.15, 0.2) is 29.3 Å². The van der Waals surface area contributed by atoms with E-state index >= 15 is 0 Å². The number of amidine groups is 1. The van der Waals surface area contributed by atoms with Crippen LogP contribution in [0.2, 0.25) is 0 Å². The minimum Gasteiger partial charge on any atom is -0.381 e. The topological polar surface area (TPSA) is 77.2 Å². The molecular weight excluding hydrogens is 334 g/mol. The Morgan fingerprint density at radius 3 is 2.73 bits per heavy atom. The second-order valence-corrected chi connectivity index (χ2v) is 6.47. The fraction of sp³-hybridized carbons (Fsp3) is 0.444. The molecule has 8 heteroatoms. The van der Waals surface area contributed by atoms with Crippen molar-refractivity contribution < 1.29 is 18.9 Å². The number of methoxy groups -OCH3 is 1. The molecule has 2 heterocycles. The maximum absolute atomic E-state index is 12.8. The smallest absolute Gasteiger partial charge is 0.381 e. The number of hydrogen-bond acceptors (Lipinski definition) is 5. The van der Waals surface area contributed by atoms with Crippen molar-refractivity contribution in [3.63, 3.8) is 0 Å². The zero-order valence-corrected chi connectivity index (χ0v) is 15.5. The van der Waals surface area contributed by atoms with Gasteiger partial charge in [-0.2, -0.15) is 0 Å². The number of nitrogens with one attached hydrogen (secondary N) is 1. The standard InChI is InChI=1S/C18H23N5O3/c1-12-6-5-7-13(10-12)11-23-14-15(20-17(23)19-8-9-26-4)21(2)18(25)22(3)16(14)24/h5-7,10,14H,8-9,11H2,1-4H3/p+1. The van der Waals surface area contributed by atoms with Gasteiger partial charge in [-0.3, -0.25) is 19.9 Å². The summed E-state index contributed by atoms with van der Waals surface area (Å²) < 4.78 is 6.99. The van der Waals surface area contributed by atoms with Crippen molar-refractivity contribution in [3.05, 3.63) is 35.4 Å². The second-order valence-electron chi connectivity index (χ2n) is 6.47. The van der Waals surface area contributed by atoms with Crippen LogP contribution in [0.5, 0.6) is 0 Å². The molecule has 0 saturated carbocycles. The highest BCUT2D eigenvalue weighted by atomic mass is 16.5. The molecule has 2 aliphatic rings. The first-order valence-corrected chi connectivity index (χ1v) is 8.50. The zero-order valence-electron chi connectivity index (χ0n) is 15.5. The minimum absolute atomic E-state index is 0.275. The highest BCUT2D eigenvalue weighted by Gasteiger charge is 2.51. The van der Waals surface area contributed by atoms with Crippen molar-refractivity contribution in [2.75, 3.05) is 34.4 Å². The van der Waals surface area contributed by atoms with Crippen LogP contribution in [0.25, 0.3) is 0 Å². The molecule has 1 saturated heterocycles. The third kappa shape index (κ3) is 3.20. The first-order chi connectivity index (χ1) is 12.4. The third-order valence-corrected chi connectivity index (χ3v) is 4.56. The Morgan fingerprint density at radius 2 is 2.04 bits per heavy atom. The molecule has 2 aliphatic heterocycles. The lowest BCUT2D eigenvalue weighted by Crippen LogP contribution is -2.61. The molecule has 1 atom stereocenters. The van der Waals surface area contributed by atoms with E-state index in [9.17, 15) is 9.59 Å². The SMILES string of the molecule is COCCNC1=[N+](Cc2cccc(C)c2)C2C(=O)N(C)C(=O)N(C)C2=N1. The van der Waals surface area contributed by atoms with Gasteiger partial charge in [0.1, 0.15) is 0 Å². The molecule has 1 unspecified atom stereocenters. The molecule has 1 N–H and O–H groups in total.